The normalized spacial score (nSPS) is 11.1. The fourth-order valence-electron chi connectivity index (χ4n) is 0.746. The second kappa shape index (κ2) is 5.53. The van der Waals surface area contributed by atoms with E-state index in [9.17, 15) is 9.59 Å². The van der Waals surface area contributed by atoms with Crippen LogP contribution in [0.3, 0.4) is 0 Å². The topological polar surface area (TPSA) is 127 Å². The molecule has 0 heterocycles. The number of carbonyl (C=O) groups excluding carboxylic acids is 1. The van der Waals surface area contributed by atoms with Crippen LogP contribution in [0.15, 0.2) is 0 Å². The fraction of sp³-hybridized carbons (Fsp3) is 0.714. The first-order valence-corrected chi connectivity index (χ1v) is 3.85. The summed E-state index contributed by atoms with van der Waals surface area (Å²) in [5, 5.41) is 36.6. The van der Waals surface area contributed by atoms with E-state index in [1.165, 1.54) is 0 Å². The van der Waals surface area contributed by atoms with Crippen molar-refractivity contribution < 1.29 is 30.0 Å². The summed E-state index contributed by atoms with van der Waals surface area (Å²) in [7, 11) is 0. The van der Waals surface area contributed by atoms with Gasteiger partial charge in [-0.05, 0) is 0 Å². The van der Waals surface area contributed by atoms with Crippen LogP contribution in [-0.4, -0.2) is 57.7 Å². The first kappa shape index (κ1) is 12.8. The van der Waals surface area contributed by atoms with Crippen LogP contribution in [0.4, 0.5) is 0 Å². The lowest BCUT2D eigenvalue weighted by Crippen LogP contribution is -2.57. The summed E-state index contributed by atoms with van der Waals surface area (Å²) in [4.78, 5) is 21.0. The number of hydrogen-bond acceptors (Lipinski definition) is 5. The largest absolute Gasteiger partial charge is 0.481 e. The third-order valence-corrected chi connectivity index (χ3v) is 1.62. The van der Waals surface area contributed by atoms with E-state index in [4.69, 9.17) is 20.4 Å². The van der Waals surface area contributed by atoms with Crippen molar-refractivity contribution in [2.24, 2.45) is 0 Å². The molecule has 0 aromatic heterocycles. The molecular formula is C7H13NO6. The second-order valence-electron chi connectivity index (χ2n) is 2.87. The van der Waals surface area contributed by atoms with Crippen LogP contribution >= 0.6 is 0 Å². The van der Waals surface area contributed by atoms with E-state index in [1.807, 2.05) is 5.32 Å². The number of nitrogens with one attached hydrogen (secondary N) is 1. The maximum absolute atomic E-state index is 10.9. The number of aliphatic carboxylic acids is 1. The molecule has 0 aromatic carbocycles. The Balaban J connectivity index is 4.29. The fourth-order valence-corrected chi connectivity index (χ4v) is 0.746. The van der Waals surface area contributed by atoms with Crippen LogP contribution in [0.25, 0.3) is 0 Å². The van der Waals surface area contributed by atoms with Gasteiger partial charge in [0.15, 0.2) is 0 Å². The molecule has 0 rings (SSSR count). The monoisotopic (exact) mass is 207 g/mol. The lowest BCUT2D eigenvalue weighted by atomic mass is 10.0. The molecule has 5 N–H and O–H groups in total. The van der Waals surface area contributed by atoms with Crippen molar-refractivity contribution in [1.29, 1.82) is 0 Å². The van der Waals surface area contributed by atoms with Gasteiger partial charge in [-0.15, -0.1) is 0 Å². The van der Waals surface area contributed by atoms with Crippen LogP contribution < -0.4 is 5.32 Å². The summed E-state index contributed by atoms with van der Waals surface area (Å²) in [6, 6.07) is 0. The van der Waals surface area contributed by atoms with Gasteiger partial charge in [-0.3, -0.25) is 9.59 Å². The van der Waals surface area contributed by atoms with E-state index >= 15 is 0 Å². The van der Waals surface area contributed by atoms with Crippen LogP contribution in [-0.2, 0) is 9.59 Å². The molecule has 0 atom stereocenters. The molecule has 0 aliphatic carbocycles. The summed E-state index contributed by atoms with van der Waals surface area (Å²) >= 11 is 0. The number of aliphatic hydroxyl groups excluding tert-OH is 3. The number of hydrogen-bond donors (Lipinski definition) is 5. The zero-order valence-corrected chi connectivity index (χ0v) is 7.43. The van der Waals surface area contributed by atoms with Gasteiger partial charge in [0, 0.05) is 0 Å². The smallest absolute Gasteiger partial charge is 0.312 e. The minimum atomic E-state index is -1.56. The highest BCUT2D eigenvalue weighted by Crippen LogP contribution is 2.01. The molecule has 0 aliphatic heterocycles. The first-order chi connectivity index (χ1) is 6.49. The molecule has 0 unspecified atom stereocenters. The van der Waals surface area contributed by atoms with Crippen molar-refractivity contribution in [3.8, 4) is 0 Å². The van der Waals surface area contributed by atoms with E-state index in [1.54, 1.807) is 0 Å². The van der Waals surface area contributed by atoms with Gasteiger partial charge in [0.2, 0.25) is 5.91 Å². The zero-order valence-electron chi connectivity index (χ0n) is 7.43. The van der Waals surface area contributed by atoms with Crippen molar-refractivity contribution >= 4 is 11.9 Å². The van der Waals surface area contributed by atoms with E-state index in [-0.39, 0.29) is 0 Å². The highest BCUT2D eigenvalue weighted by Gasteiger charge is 2.30. The third kappa shape index (κ3) is 3.69. The van der Waals surface area contributed by atoms with Crippen molar-refractivity contribution in [3.63, 3.8) is 0 Å². The Morgan fingerprint density at radius 3 is 1.79 bits per heavy atom. The van der Waals surface area contributed by atoms with Crippen molar-refractivity contribution in [2.75, 3.05) is 19.8 Å². The SMILES string of the molecule is O=C(O)CC(=O)NC(CO)(CO)CO. The Labute approximate surface area is 80.0 Å². The molecule has 7 nitrogen and oxygen atoms in total. The van der Waals surface area contributed by atoms with Gasteiger partial charge in [-0.1, -0.05) is 0 Å². The predicted molar refractivity (Wildman–Crippen MR) is 44.4 cm³/mol. The van der Waals surface area contributed by atoms with Gasteiger partial charge < -0.3 is 25.7 Å². The zero-order chi connectivity index (χ0) is 11.2. The molecule has 7 heteroatoms. The van der Waals surface area contributed by atoms with Crippen molar-refractivity contribution in [2.45, 2.75) is 12.0 Å². The number of carbonyl (C=O) groups is 2. The summed E-state index contributed by atoms with van der Waals surface area (Å²) in [5.41, 5.74) is -1.56. The number of rotatable bonds is 6. The van der Waals surface area contributed by atoms with Gasteiger partial charge in [-0.2, -0.15) is 0 Å². The Morgan fingerprint density at radius 1 is 1.07 bits per heavy atom. The molecule has 1 amide bonds. The standard InChI is InChI=1S/C7H13NO6/c9-2-7(3-10,4-11)8-5(12)1-6(13)14/h9-11H,1-4H2,(H,8,12)(H,13,14). The van der Waals surface area contributed by atoms with E-state index in [0.29, 0.717) is 0 Å². The Bertz CT molecular complexity index is 204. The van der Waals surface area contributed by atoms with Gasteiger partial charge >= 0.3 is 5.97 Å². The van der Waals surface area contributed by atoms with Crippen LogP contribution in [0.1, 0.15) is 6.42 Å². The Morgan fingerprint density at radius 2 is 1.50 bits per heavy atom. The minimum absolute atomic E-state index is 0.675. The number of amides is 1. The third-order valence-electron chi connectivity index (χ3n) is 1.62. The van der Waals surface area contributed by atoms with Gasteiger partial charge in [0.1, 0.15) is 12.0 Å². The molecule has 0 aliphatic rings. The quantitative estimate of drug-likeness (QED) is 0.301. The maximum atomic E-state index is 10.9. The average molecular weight is 207 g/mol. The number of aliphatic hydroxyl groups is 3. The highest BCUT2D eigenvalue weighted by atomic mass is 16.4. The average Bonchev–Trinajstić information content (AvgIpc) is 2.13. The van der Waals surface area contributed by atoms with E-state index in [0.717, 1.165) is 0 Å². The molecule has 82 valence electrons. The Kier molecular flexibility index (Phi) is 5.06. The van der Waals surface area contributed by atoms with Crippen LogP contribution in [0, 0.1) is 0 Å². The Hall–Kier alpha value is -1.18. The predicted octanol–water partition coefficient (Wildman–Crippen LogP) is -2.71. The molecular weight excluding hydrogens is 194 g/mol. The molecule has 0 saturated carbocycles. The number of carboxylic acids is 1. The van der Waals surface area contributed by atoms with E-state index in [2.05, 4.69) is 0 Å². The van der Waals surface area contributed by atoms with Gasteiger partial charge in [0.25, 0.3) is 0 Å². The molecule has 0 spiro atoms. The molecule has 0 radical (unpaired) electrons. The molecule has 0 saturated heterocycles. The summed E-state index contributed by atoms with van der Waals surface area (Å²) in [5.74, 6) is -2.21. The molecule has 14 heavy (non-hydrogen) atoms. The summed E-state index contributed by atoms with van der Waals surface area (Å²) in [6.45, 7) is -2.03. The molecule has 0 aromatic rings. The molecule has 0 bridgehead atoms. The van der Waals surface area contributed by atoms with Gasteiger partial charge in [-0.25, -0.2) is 0 Å². The number of carboxylic acid groups (broad SMARTS) is 1. The van der Waals surface area contributed by atoms with Crippen molar-refractivity contribution in [1.82, 2.24) is 5.32 Å². The lowest BCUT2D eigenvalue weighted by Gasteiger charge is -2.28. The minimum Gasteiger partial charge on any atom is -0.481 e. The van der Waals surface area contributed by atoms with Crippen LogP contribution in [0.2, 0.25) is 0 Å². The van der Waals surface area contributed by atoms with Gasteiger partial charge in [0.05, 0.1) is 19.8 Å². The highest BCUT2D eigenvalue weighted by molar-refractivity contribution is 5.93. The summed E-state index contributed by atoms with van der Waals surface area (Å²) in [6.07, 6.45) is -0.776. The maximum Gasteiger partial charge on any atom is 0.312 e. The second-order valence-corrected chi connectivity index (χ2v) is 2.87. The lowest BCUT2D eigenvalue weighted by molar-refractivity contribution is -0.141. The molecule has 0 fully saturated rings. The van der Waals surface area contributed by atoms with Crippen molar-refractivity contribution in [3.05, 3.63) is 0 Å². The van der Waals surface area contributed by atoms with Crippen LogP contribution in [0.5, 0.6) is 0 Å². The summed E-state index contributed by atoms with van der Waals surface area (Å²) < 4.78 is 0. The van der Waals surface area contributed by atoms with E-state index < -0.39 is 43.7 Å². The first-order valence-electron chi connectivity index (χ1n) is 3.85.